The second-order valence-corrected chi connectivity index (χ2v) is 5.78. The normalized spacial score (nSPS) is 22.3. The fourth-order valence-corrected chi connectivity index (χ4v) is 2.76. The second-order valence-electron chi connectivity index (χ2n) is 5.78. The first-order valence-electron chi connectivity index (χ1n) is 8.25. The van der Waals surface area contributed by atoms with Gasteiger partial charge in [-0.15, -0.1) is 0 Å². The summed E-state index contributed by atoms with van der Waals surface area (Å²) < 4.78 is 5.22. The van der Waals surface area contributed by atoms with Crippen molar-refractivity contribution in [3.8, 4) is 0 Å². The van der Waals surface area contributed by atoms with E-state index < -0.39 is 0 Å². The van der Waals surface area contributed by atoms with Crippen molar-refractivity contribution < 1.29 is 14.3 Å². The minimum atomic E-state index is -0.183. The van der Waals surface area contributed by atoms with Crippen molar-refractivity contribution in [2.24, 2.45) is 0 Å². The number of esters is 1. The van der Waals surface area contributed by atoms with E-state index in [1.807, 2.05) is 30.3 Å². The first kappa shape index (κ1) is 16.5. The molecule has 0 spiro atoms. The highest BCUT2D eigenvalue weighted by Gasteiger charge is 2.20. The maximum atomic E-state index is 12.4. The van der Waals surface area contributed by atoms with Crippen LogP contribution in [0, 0.1) is 0 Å². The quantitative estimate of drug-likeness (QED) is 0.811. The lowest BCUT2D eigenvalue weighted by Crippen LogP contribution is -2.30. The van der Waals surface area contributed by atoms with Gasteiger partial charge >= 0.3 is 5.97 Å². The van der Waals surface area contributed by atoms with Crippen LogP contribution in [0.3, 0.4) is 0 Å². The number of benzene rings is 1. The molecule has 1 atom stereocenters. The summed E-state index contributed by atoms with van der Waals surface area (Å²) in [7, 11) is 0. The molecule has 1 fully saturated rings. The Hall–Kier alpha value is -1.84. The van der Waals surface area contributed by atoms with E-state index in [0.29, 0.717) is 25.9 Å². The fraction of sp³-hybridized carbons (Fsp3) is 0.556. The van der Waals surface area contributed by atoms with Crippen LogP contribution in [-0.4, -0.2) is 25.0 Å². The van der Waals surface area contributed by atoms with Crippen LogP contribution in [0.2, 0.25) is 0 Å². The Morgan fingerprint density at radius 2 is 1.73 bits per heavy atom. The van der Waals surface area contributed by atoms with Crippen LogP contribution < -0.4 is 5.32 Å². The van der Waals surface area contributed by atoms with Crippen LogP contribution in [0.4, 0.5) is 0 Å². The third kappa shape index (κ3) is 5.51. The third-order valence-corrected chi connectivity index (χ3v) is 4.03. The standard InChI is InChI=1S/C18H25NO3/c20-17-12-8-11-16(15-9-4-3-5-10-15)18(21)19-13-6-1-2-7-14-22-17/h3-5,9-10,16H,1-2,6-8,11-14H2,(H,19,21). The molecule has 4 heteroatoms. The zero-order valence-electron chi connectivity index (χ0n) is 13.1. The number of cyclic esters (lactones) is 1. The number of ether oxygens (including phenoxy) is 1. The first-order valence-corrected chi connectivity index (χ1v) is 8.25. The molecule has 0 aromatic heterocycles. The number of amides is 1. The maximum Gasteiger partial charge on any atom is 0.305 e. The lowest BCUT2D eigenvalue weighted by Gasteiger charge is -2.17. The molecule has 1 saturated heterocycles. The number of carbonyl (C=O) groups excluding carboxylic acids is 2. The van der Waals surface area contributed by atoms with Crippen molar-refractivity contribution >= 4 is 11.9 Å². The summed E-state index contributed by atoms with van der Waals surface area (Å²) >= 11 is 0. The molecule has 0 radical (unpaired) electrons. The van der Waals surface area contributed by atoms with Gasteiger partial charge in [0.15, 0.2) is 0 Å². The van der Waals surface area contributed by atoms with Crippen molar-refractivity contribution in [3.63, 3.8) is 0 Å². The molecule has 0 saturated carbocycles. The van der Waals surface area contributed by atoms with E-state index in [4.69, 9.17) is 4.74 Å². The highest BCUT2D eigenvalue weighted by Crippen LogP contribution is 2.22. The Labute approximate surface area is 132 Å². The van der Waals surface area contributed by atoms with Gasteiger partial charge in [0.1, 0.15) is 0 Å². The molecule has 1 aromatic carbocycles. The number of hydrogen-bond donors (Lipinski definition) is 1. The molecule has 2 rings (SSSR count). The van der Waals surface area contributed by atoms with Crippen molar-refractivity contribution in [1.82, 2.24) is 5.32 Å². The predicted molar refractivity (Wildman–Crippen MR) is 85.5 cm³/mol. The molecule has 0 bridgehead atoms. The van der Waals surface area contributed by atoms with Crippen LogP contribution in [0.1, 0.15) is 56.4 Å². The van der Waals surface area contributed by atoms with Gasteiger partial charge in [0.2, 0.25) is 5.91 Å². The molecule has 1 amide bonds. The Balaban J connectivity index is 2.01. The highest BCUT2D eigenvalue weighted by atomic mass is 16.5. The third-order valence-electron chi connectivity index (χ3n) is 4.03. The van der Waals surface area contributed by atoms with E-state index in [1.165, 1.54) is 0 Å². The molecule has 1 heterocycles. The zero-order chi connectivity index (χ0) is 15.6. The molecule has 4 nitrogen and oxygen atoms in total. The van der Waals surface area contributed by atoms with Gasteiger partial charge in [-0.3, -0.25) is 9.59 Å². The maximum absolute atomic E-state index is 12.4. The van der Waals surface area contributed by atoms with Gasteiger partial charge in [0, 0.05) is 13.0 Å². The van der Waals surface area contributed by atoms with Gasteiger partial charge < -0.3 is 10.1 Å². The minimum Gasteiger partial charge on any atom is -0.466 e. The van der Waals surface area contributed by atoms with Gasteiger partial charge in [-0.1, -0.05) is 36.8 Å². The van der Waals surface area contributed by atoms with Crippen LogP contribution in [0.15, 0.2) is 30.3 Å². The molecule has 1 N–H and O–H groups in total. The van der Waals surface area contributed by atoms with Crippen molar-refractivity contribution in [1.29, 1.82) is 0 Å². The van der Waals surface area contributed by atoms with Gasteiger partial charge in [0.05, 0.1) is 12.5 Å². The van der Waals surface area contributed by atoms with E-state index in [0.717, 1.165) is 37.8 Å². The molecular weight excluding hydrogens is 278 g/mol. The smallest absolute Gasteiger partial charge is 0.305 e. The van der Waals surface area contributed by atoms with E-state index in [2.05, 4.69) is 5.32 Å². The van der Waals surface area contributed by atoms with Crippen LogP contribution in [-0.2, 0) is 14.3 Å². The van der Waals surface area contributed by atoms with Crippen molar-refractivity contribution in [2.75, 3.05) is 13.2 Å². The van der Waals surface area contributed by atoms with Gasteiger partial charge in [-0.05, 0) is 37.7 Å². The fourth-order valence-electron chi connectivity index (χ4n) is 2.76. The summed E-state index contributed by atoms with van der Waals surface area (Å²) in [6, 6.07) is 9.80. The summed E-state index contributed by atoms with van der Waals surface area (Å²) in [5, 5.41) is 3.04. The SMILES string of the molecule is O=C1CCCC(c2ccccc2)C(=O)NCCCCCCO1. The van der Waals surface area contributed by atoms with E-state index in [9.17, 15) is 9.59 Å². The molecule has 1 aromatic rings. The van der Waals surface area contributed by atoms with Crippen molar-refractivity contribution in [3.05, 3.63) is 35.9 Å². The number of carbonyl (C=O) groups is 2. The summed E-state index contributed by atoms with van der Waals surface area (Å²) in [5.41, 5.74) is 1.01. The monoisotopic (exact) mass is 303 g/mol. The predicted octanol–water partition coefficient (Wildman–Crippen LogP) is 3.17. The summed E-state index contributed by atoms with van der Waals surface area (Å²) in [5.74, 6) is -0.266. The van der Waals surface area contributed by atoms with Crippen LogP contribution in [0.25, 0.3) is 0 Å². The molecular formula is C18H25NO3. The minimum absolute atomic E-state index is 0.0663. The van der Waals surface area contributed by atoms with Gasteiger partial charge in [0.25, 0.3) is 0 Å². The average molecular weight is 303 g/mol. The highest BCUT2D eigenvalue weighted by molar-refractivity contribution is 5.83. The topological polar surface area (TPSA) is 55.4 Å². The summed E-state index contributed by atoms with van der Waals surface area (Å²) in [6.07, 6.45) is 5.69. The lowest BCUT2D eigenvalue weighted by molar-refractivity contribution is -0.144. The lowest BCUT2D eigenvalue weighted by atomic mass is 9.92. The molecule has 120 valence electrons. The number of rotatable bonds is 1. The number of hydrogen-bond acceptors (Lipinski definition) is 3. The summed E-state index contributed by atoms with van der Waals surface area (Å²) in [4.78, 5) is 24.1. The van der Waals surface area contributed by atoms with E-state index in [1.54, 1.807) is 0 Å². The van der Waals surface area contributed by atoms with E-state index in [-0.39, 0.29) is 17.8 Å². The first-order chi connectivity index (χ1) is 10.8. The number of nitrogens with one attached hydrogen (secondary N) is 1. The van der Waals surface area contributed by atoms with Gasteiger partial charge in [-0.2, -0.15) is 0 Å². The Bertz CT molecular complexity index is 472. The Morgan fingerprint density at radius 1 is 0.955 bits per heavy atom. The van der Waals surface area contributed by atoms with E-state index >= 15 is 0 Å². The molecule has 1 aliphatic heterocycles. The average Bonchev–Trinajstić information content (AvgIpc) is 2.54. The second kappa shape index (κ2) is 9.23. The molecule has 1 unspecified atom stereocenters. The summed E-state index contributed by atoms with van der Waals surface area (Å²) in [6.45, 7) is 1.25. The van der Waals surface area contributed by atoms with Crippen molar-refractivity contribution in [2.45, 2.75) is 50.9 Å². The largest absolute Gasteiger partial charge is 0.466 e. The molecule has 1 aliphatic rings. The Morgan fingerprint density at radius 3 is 2.55 bits per heavy atom. The zero-order valence-corrected chi connectivity index (χ0v) is 13.1. The molecule has 0 aliphatic carbocycles. The Kier molecular flexibility index (Phi) is 6.94. The van der Waals surface area contributed by atoms with Crippen LogP contribution >= 0.6 is 0 Å². The molecule has 22 heavy (non-hydrogen) atoms. The van der Waals surface area contributed by atoms with Crippen LogP contribution in [0.5, 0.6) is 0 Å². The van der Waals surface area contributed by atoms with Gasteiger partial charge in [-0.25, -0.2) is 0 Å².